The van der Waals surface area contributed by atoms with Gasteiger partial charge in [0.2, 0.25) is 0 Å². The third kappa shape index (κ3) is 9.34. The lowest BCUT2D eigenvalue weighted by atomic mass is 10.1. The summed E-state index contributed by atoms with van der Waals surface area (Å²) in [4.78, 5) is 0. The molecule has 0 saturated heterocycles. The van der Waals surface area contributed by atoms with E-state index < -0.39 is 0 Å². The fourth-order valence-electron chi connectivity index (χ4n) is 0.927. The maximum atomic E-state index is 5.33. The third-order valence-corrected chi connectivity index (χ3v) is 1.56. The lowest BCUT2D eigenvalue weighted by Gasteiger charge is -2.05. The Morgan fingerprint density at radius 3 is 2.55 bits per heavy atom. The molecule has 0 aliphatic carbocycles. The van der Waals surface area contributed by atoms with Gasteiger partial charge in [0.15, 0.2) is 0 Å². The Bertz CT molecular complexity index is 108. The van der Waals surface area contributed by atoms with E-state index in [1.54, 1.807) is 0 Å². The normalized spacial score (nSPS) is 10.1. The molecule has 0 bridgehead atoms. The van der Waals surface area contributed by atoms with Crippen molar-refractivity contribution in [2.75, 3.05) is 6.54 Å². The largest absolute Gasteiger partial charge is 0.386 e. The highest BCUT2D eigenvalue weighted by molar-refractivity contribution is 4.81. The number of hydrogen-bond donors (Lipinski definition) is 2. The molecule has 0 radical (unpaired) electrons. The van der Waals surface area contributed by atoms with Gasteiger partial charge in [-0.1, -0.05) is 33.3 Å². The Morgan fingerprint density at radius 1 is 1.45 bits per heavy atom. The fourth-order valence-corrected chi connectivity index (χ4v) is 0.927. The van der Waals surface area contributed by atoms with E-state index in [2.05, 4.69) is 25.7 Å². The molecule has 0 aromatic rings. The highest BCUT2D eigenvalue weighted by Gasteiger charge is 1.93. The first-order valence-corrected chi connectivity index (χ1v) is 4.31. The predicted molar refractivity (Wildman–Crippen MR) is 50.0 cm³/mol. The van der Waals surface area contributed by atoms with Crippen LogP contribution in [-0.2, 0) is 0 Å². The number of rotatable bonds is 6. The van der Waals surface area contributed by atoms with Crippen molar-refractivity contribution in [3.63, 3.8) is 0 Å². The topological polar surface area (TPSA) is 38.0 Å². The van der Waals surface area contributed by atoms with Crippen molar-refractivity contribution in [1.82, 2.24) is 5.32 Å². The molecule has 11 heavy (non-hydrogen) atoms. The van der Waals surface area contributed by atoms with E-state index in [0.717, 1.165) is 12.5 Å². The first-order chi connectivity index (χ1) is 5.13. The number of nitrogens with one attached hydrogen (secondary N) is 1. The van der Waals surface area contributed by atoms with E-state index >= 15 is 0 Å². The first kappa shape index (κ1) is 10.3. The Hall–Kier alpha value is -0.660. The van der Waals surface area contributed by atoms with Crippen LogP contribution < -0.4 is 11.1 Å². The van der Waals surface area contributed by atoms with E-state index in [1.165, 1.54) is 19.3 Å². The molecule has 2 nitrogen and oxygen atoms in total. The van der Waals surface area contributed by atoms with Crippen molar-refractivity contribution < 1.29 is 0 Å². The fraction of sp³-hybridized carbons (Fsp3) is 0.778. The van der Waals surface area contributed by atoms with E-state index in [1.807, 2.05) is 0 Å². The minimum Gasteiger partial charge on any atom is -0.386 e. The van der Waals surface area contributed by atoms with Crippen LogP contribution >= 0.6 is 0 Å². The SMILES string of the molecule is C=C(N)NCCCCC(C)C. The van der Waals surface area contributed by atoms with Crippen LogP contribution in [0.2, 0.25) is 0 Å². The number of nitrogens with two attached hydrogens (primary N) is 1. The summed E-state index contributed by atoms with van der Waals surface area (Å²) in [5.74, 6) is 1.39. The molecule has 0 aliphatic heterocycles. The summed E-state index contributed by atoms with van der Waals surface area (Å²) in [6.45, 7) is 9.01. The van der Waals surface area contributed by atoms with Crippen LogP contribution in [0.3, 0.4) is 0 Å². The molecule has 0 unspecified atom stereocenters. The van der Waals surface area contributed by atoms with Crippen molar-refractivity contribution in [1.29, 1.82) is 0 Å². The summed E-state index contributed by atoms with van der Waals surface area (Å²) < 4.78 is 0. The molecule has 0 heterocycles. The zero-order valence-corrected chi connectivity index (χ0v) is 7.69. The lowest BCUT2D eigenvalue weighted by molar-refractivity contribution is 0.530. The van der Waals surface area contributed by atoms with Gasteiger partial charge in [-0.15, -0.1) is 0 Å². The smallest absolute Gasteiger partial charge is 0.0885 e. The first-order valence-electron chi connectivity index (χ1n) is 4.31. The average molecular weight is 156 g/mol. The number of hydrogen-bond acceptors (Lipinski definition) is 2. The van der Waals surface area contributed by atoms with Crippen LogP contribution in [0, 0.1) is 5.92 Å². The average Bonchev–Trinajstić information content (AvgIpc) is 1.85. The van der Waals surface area contributed by atoms with Gasteiger partial charge in [0.25, 0.3) is 0 Å². The van der Waals surface area contributed by atoms with Gasteiger partial charge in [-0.25, -0.2) is 0 Å². The molecule has 66 valence electrons. The Kier molecular flexibility index (Phi) is 5.71. The van der Waals surface area contributed by atoms with Crippen molar-refractivity contribution >= 4 is 0 Å². The second kappa shape index (κ2) is 6.08. The van der Waals surface area contributed by atoms with Crippen LogP contribution in [0.25, 0.3) is 0 Å². The molecule has 0 rings (SSSR count). The Labute approximate surface area is 69.9 Å². The van der Waals surface area contributed by atoms with Crippen molar-refractivity contribution in [3.8, 4) is 0 Å². The molecule has 0 fully saturated rings. The Balaban J connectivity index is 2.97. The standard InChI is InChI=1S/C9H20N2/c1-8(2)6-4-5-7-11-9(3)10/h8,11H,3-7,10H2,1-2H3. The van der Waals surface area contributed by atoms with Crippen molar-refractivity contribution in [3.05, 3.63) is 12.4 Å². The van der Waals surface area contributed by atoms with Gasteiger partial charge in [-0.05, 0) is 12.3 Å². The molecule has 0 spiro atoms. The summed E-state index contributed by atoms with van der Waals surface area (Å²) in [5.41, 5.74) is 5.33. The molecule has 0 atom stereocenters. The van der Waals surface area contributed by atoms with E-state index in [4.69, 9.17) is 5.73 Å². The maximum absolute atomic E-state index is 5.33. The summed E-state index contributed by atoms with van der Waals surface area (Å²) in [6, 6.07) is 0. The van der Waals surface area contributed by atoms with E-state index in [9.17, 15) is 0 Å². The van der Waals surface area contributed by atoms with Gasteiger partial charge in [-0.3, -0.25) is 0 Å². The van der Waals surface area contributed by atoms with Crippen molar-refractivity contribution in [2.45, 2.75) is 33.1 Å². The van der Waals surface area contributed by atoms with Crippen LogP contribution in [0.5, 0.6) is 0 Å². The quantitative estimate of drug-likeness (QED) is 0.576. The van der Waals surface area contributed by atoms with Gasteiger partial charge in [0, 0.05) is 6.54 Å². The van der Waals surface area contributed by atoms with Gasteiger partial charge in [0.1, 0.15) is 0 Å². The molecule has 0 saturated carbocycles. The summed E-state index contributed by atoms with van der Waals surface area (Å²) in [5, 5.41) is 3.00. The molecule has 0 amide bonds. The molecular formula is C9H20N2. The van der Waals surface area contributed by atoms with Gasteiger partial charge < -0.3 is 11.1 Å². The van der Waals surface area contributed by atoms with E-state index in [-0.39, 0.29) is 0 Å². The zero-order valence-electron chi connectivity index (χ0n) is 7.69. The second-order valence-corrected chi connectivity index (χ2v) is 3.34. The molecule has 0 aliphatic rings. The molecular weight excluding hydrogens is 136 g/mol. The summed E-state index contributed by atoms with van der Waals surface area (Å²) in [7, 11) is 0. The monoisotopic (exact) mass is 156 g/mol. The molecule has 0 aromatic heterocycles. The van der Waals surface area contributed by atoms with Gasteiger partial charge in [0.05, 0.1) is 5.82 Å². The van der Waals surface area contributed by atoms with E-state index in [0.29, 0.717) is 5.82 Å². The highest BCUT2D eigenvalue weighted by atomic mass is 15.0. The highest BCUT2D eigenvalue weighted by Crippen LogP contribution is 2.04. The zero-order chi connectivity index (χ0) is 8.69. The third-order valence-electron chi connectivity index (χ3n) is 1.56. The Morgan fingerprint density at radius 2 is 2.09 bits per heavy atom. The van der Waals surface area contributed by atoms with Gasteiger partial charge >= 0.3 is 0 Å². The van der Waals surface area contributed by atoms with Gasteiger partial charge in [-0.2, -0.15) is 0 Å². The second-order valence-electron chi connectivity index (χ2n) is 3.34. The van der Waals surface area contributed by atoms with Crippen LogP contribution in [0.1, 0.15) is 33.1 Å². The summed E-state index contributed by atoms with van der Waals surface area (Å²) >= 11 is 0. The van der Waals surface area contributed by atoms with Crippen LogP contribution in [-0.4, -0.2) is 6.54 Å². The molecule has 0 aromatic carbocycles. The maximum Gasteiger partial charge on any atom is 0.0885 e. The van der Waals surface area contributed by atoms with Crippen LogP contribution in [0.4, 0.5) is 0 Å². The van der Waals surface area contributed by atoms with Crippen molar-refractivity contribution in [2.24, 2.45) is 11.7 Å². The minimum atomic E-state index is 0.578. The minimum absolute atomic E-state index is 0.578. The molecule has 2 heteroatoms. The van der Waals surface area contributed by atoms with Crippen LogP contribution in [0.15, 0.2) is 12.4 Å². The summed E-state index contributed by atoms with van der Waals surface area (Å²) in [6.07, 6.45) is 3.77. The number of unbranched alkanes of at least 4 members (excludes halogenated alkanes) is 1. The molecule has 3 N–H and O–H groups in total. The predicted octanol–water partition coefficient (Wildman–Crippen LogP) is 1.83. The lowest BCUT2D eigenvalue weighted by Crippen LogP contribution is -2.19.